The van der Waals surface area contributed by atoms with Crippen LogP contribution in [0.4, 0.5) is 0 Å². The Morgan fingerprint density at radius 3 is 2.70 bits per heavy atom. The van der Waals surface area contributed by atoms with Gasteiger partial charge in [0.2, 0.25) is 0 Å². The van der Waals surface area contributed by atoms with E-state index >= 15 is 0 Å². The van der Waals surface area contributed by atoms with Crippen molar-refractivity contribution in [2.45, 2.75) is 18.9 Å². The first-order valence-electron chi connectivity index (χ1n) is 3.38. The molecule has 0 aromatic heterocycles. The number of hydrogen-bond donors (Lipinski definition) is 0. The predicted octanol–water partition coefficient (Wildman–Crippen LogP) is 1.84. The molecule has 0 saturated heterocycles. The molecule has 0 rings (SSSR count). The molecule has 0 N–H and O–H groups in total. The molecular weight excluding hydrogens is 205 g/mol. The molecule has 0 aliphatic rings. The van der Waals surface area contributed by atoms with E-state index < -0.39 is 16.1 Å². The summed E-state index contributed by atoms with van der Waals surface area (Å²) >= 11 is -1.04. The third kappa shape index (κ3) is 6.50. The Bertz CT molecular complexity index is 106. The summed E-state index contributed by atoms with van der Waals surface area (Å²) in [5, 5.41) is 0.501. The van der Waals surface area contributed by atoms with Crippen LogP contribution in [-0.4, -0.2) is 12.6 Å². The van der Waals surface area contributed by atoms with Crippen molar-refractivity contribution in [3.8, 4) is 0 Å². The molecule has 0 amide bonds. The van der Waals surface area contributed by atoms with Crippen molar-refractivity contribution < 1.29 is 25.7 Å². The maximum atomic E-state index is 10.7. The second kappa shape index (κ2) is 6.12. The number of hydrogen-bond acceptors (Lipinski definition) is 2. The summed E-state index contributed by atoms with van der Waals surface area (Å²) in [4.78, 5) is 10.7. The molecule has 0 heterocycles. The van der Waals surface area contributed by atoms with Gasteiger partial charge in [-0.1, -0.05) is 0 Å². The van der Waals surface area contributed by atoms with Crippen LogP contribution in [0.1, 0.15) is 13.8 Å². The zero-order chi connectivity index (χ0) is 7.98. The van der Waals surface area contributed by atoms with E-state index in [2.05, 4.69) is 0 Å². The Morgan fingerprint density at radius 1 is 1.70 bits per heavy atom. The number of carbonyl (C=O) groups excluding carboxylic acids is 1. The van der Waals surface area contributed by atoms with Gasteiger partial charge in [-0.25, -0.2) is 0 Å². The quantitative estimate of drug-likeness (QED) is 0.529. The fourth-order valence-corrected chi connectivity index (χ4v) is 1.84. The molecule has 2 nitrogen and oxygen atoms in total. The molecule has 0 aliphatic heterocycles. The Hall–Kier alpha value is 0.383. The molecule has 0 fully saturated rings. The van der Waals surface area contributed by atoms with Crippen LogP contribution in [0.25, 0.3) is 0 Å². The van der Waals surface area contributed by atoms with Gasteiger partial charge >= 0.3 is 72.7 Å². The fourth-order valence-electron chi connectivity index (χ4n) is 0.409. The maximum absolute atomic E-state index is 10.7. The average molecular weight is 216 g/mol. The van der Waals surface area contributed by atoms with Crippen LogP contribution in [0, 0.1) is 5.92 Å². The van der Waals surface area contributed by atoms with Gasteiger partial charge in [0.05, 0.1) is 0 Å². The van der Waals surface area contributed by atoms with Gasteiger partial charge in [0.15, 0.2) is 0 Å². The first kappa shape index (κ1) is 10.4. The number of carbonyl (C=O) groups is 1. The molecule has 56 valence electrons. The SMILES string of the molecule is CC(C)COC(=O)[CH2][Zn][Cl]. The Balaban J connectivity index is 3.22. The van der Waals surface area contributed by atoms with E-state index in [0.29, 0.717) is 17.5 Å². The second-order valence-electron chi connectivity index (χ2n) is 2.52. The second-order valence-corrected chi connectivity index (χ2v) is 6.32. The minimum absolute atomic E-state index is 0.122. The van der Waals surface area contributed by atoms with Gasteiger partial charge in [0.25, 0.3) is 0 Å². The summed E-state index contributed by atoms with van der Waals surface area (Å²) < 4.78 is 4.87. The van der Waals surface area contributed by atoms with Crippen LogP contribution in [-0.2, 0) is 25.7 Å². The summed E-state index contributed by atoms with van der Waals surface area (Å²) in [5.41, 5.74) is 0. The molecule has 0 aliphatic carbocycles. The number of esters is 1. The third-order valence-electron chi connectivity index (χ3n) is 0.876. The van der Waals surface area contributed by atoms with Crippen LogP contribution in [0.2, 0.25) is 5.02 Å². The number of rotatable bonds is 4. The zero-order valence-corrected chi connectivity index (χ0v) is 10.1. The predicted molar refractivity (Wildman–Crippen MR) is 36.5 cm³/mol. The molecule has 0 aromatic carbocycles. The molecule has 0 radical (unpaired) electrons. The molecular formula is C6H11ClO2Zn. The van der Waals surface area contributed by atoms with Crippen LogP contribution in [0.15, 0.2) is 0 Å². The van der Waals surface area contributed by atoms with Gasteiger partial charge < -0.3 is 0 Å². The summed E-state index contributed by atoms with van der Waals surface area (Å²) in [6.07, 6.45) is 0. The van der Waals surface area contributed by atoms with Crippen LogP contribution in [0.3, 0.4) is 0 Å². The first-order chi connectivity index (χ1) is 4.66. The van der Waals surface area contributed by atoms with E-state index in [1.165, 1.54) is 0 Å². The zero-order valence-electron chi connectivity index (χ0n) is 6.39. The molecule has 4 heteroatoms. The Morgan fingerprint density at radius 2 is 2.30 bits per heavy atom. The van der Waals surface area contributed by atoms with Crippen molar-refractivity contribution in [2.24, 2.45) is 5.92 Å². The van der Waals surface area contributed by atoms with Crippen LogP contribution in [0.5, 0.6) is 0 Å². The van der Waals surface area contributed by atoms with Crippen molar-refractivity contribution in [3.63, 3.8) is 0 Å². The topological polar surface area (TPSA) is 26.3 Å². The van der Waals surface area contributed by atoms with Gasteiger partial charge in [-0.2, -0.15) is 0 Å². The van der Waals surface area contributed by atoms with Gasteiger partial charge in [0.1, 0.15) is 0 Å². The molecule has 10 heavy (non-hydrogen) atoms. The molecule has 0 atom stereocenters. The molecule has 0 saturated carbocycles. The minimum atomic E-state index is -1.04. The van der Waals surface area contributed by atoms with E-state index in [0.717, 1.165) is 0 Å². The summed E-state index contributed by atoms with van der Waals surface area (Å²) in [7, 11) is 5.50. The van der Waals surface area contributed by atoms with Gasteiger partial charge in [-0.05, 0) is 0 Å². The normalized spacial score (nSPS) is 9.20. The van der Waals surface area contributed by atoms with Crippen molar-refractivity contribution >= 4 is 15.7 Å². The van der Waals surface area contributed by atoms with Gasteiger partial charge in [-0.15, -0.1) is 0 Å². The molecule has 0 aromatic rings. The van der Waals surface area contributed by atoms with E-state index in [9.17, 15) is 4.79 Å². The molecule has 0 unspecified atom stereocenters. The summed E-state index contributed by atoms with van der Waals surface area (Å²) in [6.45, 7) is 4.54. The summed E-state index contributed by atoms with van der Waals surface area (Å²) in [5.74, 6) is 0.301. The van der Waals surface area contributed by atoms with Crippen LogP contribution >= 0.6 is 9.69 Å². The van der Waals surface area contributed by atoms with Crippen LogP contribution < -0.4 is 0 Å². The van der Waals surface area contributed by atoms with Crippen molar-refractivity contribution in [3.05, 3.63) is 0 Å². The molecule has 0 bridgehead atoms. The number of ether oxygens (including phenoxy) is 1. The Labute approximate surface area is 72.9 Å². The van der Waals surface area contributed by atoms with Crippen molar-refractivity contribution in [1.29, 1.82) is 0 Å². The molecule has 0 spiro atoms. The summed E-state index contributed by atoms with van der Waals surface area (Å²) in [6, 6.07) is 0. The monoisotopic (exact) mass is 214 g/mol. The standard InChI is InChI=1S/C6H11O2.ClH.Zn/c1-5(2)4-8-6(3)7;;/h5H,3-4H2,1-2H3;1H;/q;;+1/p-1. The Kier molecular flexibility index (Phi) is 6.35. The van der Waals surface area contributed by atoms with E-state index in [4.69, 9.17) is 14.4 Å². The fraction of sp³-hybridized carbons (Fsp3) is 0.833. The number of halogens is 1. The third-order valence-corrected chi connectivity index (χ3v) is 3.11. The van der Waals surface area contributed by atoms with E-state index in [1.54, 1.807) is 0 Å². The van der Waals surface area contributed by atoms with Crippen molar-refractivity contribution in [2.75, 3.05) is 6.61 Å². The van der Waals surface area contributed by atoms with Gasteiger partial charge in [-0.3, -0.25) is 0 Å². The first-order valence-corrected chi connectivity index (χ1v) is 9.38. The van der Waals surface area contributed by atoms with E-state index in [-0.39, 0.29) is 5.97 Å². The van der Waals surface area contributed by atoms with Gasteiger partial charge in [0, 0.05) is 0 Å². The average Bonchev–Trinajstić information content (AvgIpc) is 1.85. The van der Waals surface area contributed by atoms with Crippen molar-refractivity contribution in [1.82, 2.24) is 0 Å². The van der Waals surface area contributed by atoms with E-state index in [1.807, 2.05) is 13.8 Å².